The molecule has 0 fully saturated rings. The number of amides is 1. The molecule has 3 nitrogen and oxygen atoms in total. The second-order valence-corrected chi connectivity index (χ2v) is 6.50. The normalized spacial score (nSPS) is 11.3. The van der Waals surface area contributed by atoms with Crippen molar-refractivity contribution in [3.63, 3.8) is 0 Å². The Morgan fingerprint density at radius 2 is 2.11 bits per heavy atom. The lowest BCUT2D eigenvalue weighted by atomic mass is 9.95. The molecule has 0 aromatic carbocycles. The van der Waals surface area contributed by atoms with E-state index in [1.165, 1.54) is 4.88 Å². The van der Waals surface area contributed by atoms with E-state index in [1.807, 2.05) is 39.0 Å². The molecule has 0 unspecified atom stereocenters. The van der Waals surface area contributed by atoms with E-state index in [0.29, 0.717) is 5.82 Å². The van der Waals surface area contributed by atoms with Crippen molar-refractivity contribution in [1.29, 1.82) is 0 Å². The summed E-state index contributed by atoms with van der Waals surface area (Å²) in [7, 11) is 0. The maximum absolute atomic E-state index is 12.0. The first-order chi connectivity index (χ1) is 8.97. The molecule has 2 rings (SSSR count). The van der Waals surface area contributed by atoms with Crippen LogP contribution in [0.3, 0.4) is 0 Å². The van der Waals surface area contributed by atoms with Gasteiger partial charge in [0.15, 0.2) is 0 Å². The lowest BCUT2D eigenvalue weighted by molar-refractivity contribution is -0.123. The van der Waals surface area contributed by atoms with Gasteiger partial charge in [-0.2, -0.15) is 0 Å². The van der Waals surface area contributed by atoms with Crippen LogP contribution in [0.5, 0.6) is 0 Å². The van der Waals surface area contributed by atoms with Crippen LogP contribution < -0.4 is 5.32 Å². The largest absolute Gasteiger partial charge is 0.310 e. The SMILES string of the molecule is CC(C)(C)C(=O)Nc1ncccc1Cc1cccs1. The number of carbonyl (C=O) groups is 1. The highest BCUT2D eigenvalue weighted by Crippen LogP contribution is 2.22. The van der Waals surface area contributed by atoms with E-state index < -0.39 is 5.41 Å². The van der Waals surface area contributed by atoms with Gasteiger partial charge in [0.25, 0.3) is 0 Å². The minimum atomic E-state index is -0.419. The van der Waals surface area contributed by atoms with Crippen LogP contribution in [0, 0.1) is 5.41 Å². The van der Waals surface area contributed by atoms with Gasteiger partial charge >= 0.3 is 0 Å². The van der Waals surface area contributed by atoms with Gasteiger partial charge in [-0.05, 0) is 17.5 Å². The van der Waals surface area contributed by atoms with Crippen LogP contribution in [-0.2, 0) is 11.2 Å². The predicted molar refractivity (Wildman–Crippen MR) is 79.4 cm³/mol. The smallest absolute Gasteiger partial charge is 0.230 e. The summed E-state index contributed by atoms with van der Waals surface area (Å²) < 4.78 is 0. The van der Waals surface area contributed by atoms with Gasteiger partial charge in [0.1, 0.15) is 5.82 Å². The first kappa shape index (κ1) is 13.7. The second kappa shape index (κ2) is 5.53. The van der Waals surface area contributed by atoms with Gasteiger partial charge in [0.05, 0.1) is 0 Å². The zero-order valence-corrected chi connectivity index (χ0v) is 12.3. The van der Waals surface area contributed by atoms with Gasteiger partial charge in [-0.3, -0.25) is 4.79 Å². The fraction of sp³-hybridized carbons (Fsp3) is 0.333. The van der Waals surface area contributed by atoms with E-state index in [-0.39, 0.29) is 5.91 Å². The zero-order valence-electron chi connectivity index (χ0n) is 11.4. The van der Waals surface area contributed by atoms with E-state index in [2.05, 4.69) is 21.7 Å². The summed E-state index contributed by atoms with van der Waals surface area (Å²) in [5, 5.41) is 4.97. The number of anilines is 1. The van der Waals surface area contributed by atoms with E-state index in [9.17, 15) is 4.79 Å². The molecule has 0 spiro atoms. The zero-order chi connectivity index (χ0) is 13.9. The minimum absolute atomic E-state index is 0.0152. The van der Waals surface area contributed by atoms with Crippen molar-refractivity contribution < 1.29 is 4.79 Å². The van der Waals surface area contributed by atoms with Crippen LogP contribution in [0.15, 0.2) is 35.8 Å². The van der Waals surface area contributed by atoms with E-state index in [0.717, 1.165) is 12.0 Å². The number of carbonyl (C=O) groups excluding carboxylic acids is 1. The number of hydrogen-bond donors (Lipinski definition) is 1. The topological polar surface area (TPSA) is 42.0 Å². The van der Waals surface area contributed by atoms with Gasteiger partial charge in [-0.25, -0.2) is 4.98 Å². The van der Waals surface area contributed by atoms with E-state index in [4.69, 9.17) is 0 Å². The molecule has 0 saturated carbocycles. The first-order valence-electron chi connectivity index (χ1n) is 6.24. The molecule has 0 atom stereocenters. The van der Waals surface area contributed by atoms with Crippen molar-refractivity contribution in [3.8, 4) is 0 Å². The summed E-state index contributed by atoms with van der Waals surface area (Å²) in [6, 6.07) is 8.03. The third kappa shape index (κ3) is 3.64. The molecule has 1 N–H and O–H groups in total. The maximum Gasteiger partial charge on any atom is 0.230 e. The number of pyridine rings is 1. The number of hydrogen-bond acceptors (Lipinski definition) is 3. The van der Waals surface area contributed by atoms with Gasteiger partial charge in [-0.1, -0.05) is 32.9 Å². The summed E-state index contributed by atoms with van der Waals surface area (Å²) in [4.78, 5) is 17.6. The van der Waals surface area contributed by atoms with Crippen LogP contribution >= 0.6 is 11.3 Å². The maximum atomic E-state index is 12.0. The van der Waals surface area contributed by atoms with E-state index >= 15 is 0 Å². The fourth-order valence-corrected chi connectivity index (χ4v) is 2.32. The highest BCUT2D eigenvalue weighted by atomic mass is 32.1. The van der Waals surface area contributed by atoms with Gasteiger partial charge in [0.2, 0.25) is 5.91 Å². The molecule has 100 valence electrons. The molecule has 0 bridgehead atoms. The number of nitrogens with zero attached hydrogens (tertiary/aromatic N) is 1. The summed E-state index contributed by atoms with van der Waals surface area (Å²) in [6.45, 7) is 5.68. The van der Waals surface area contributed by atoms with Crippen molar-refractivity contribution in [1.82, 2.24) is 4.98 Å². The molecular formula is C15H18N2OS. The highest BCUT2D eigenvalue weighted by molar-refractivity contribution is 7.09. The minimum Gasteiger partial charge on any atom is -0.310 e. The molecule has 0 aliphatic carbocycles. The molecule has 0 aliphatic heterocycles. The summed E-state index contributed by atoms with van der Waals surface area (Å²) in [5.74, 6) is 0.648. The van der Waals surface area contributed by atoms with Crippen molar-refractivity contribution >= 4 is 23.1 Å². The molecular weight excluding hydrogens is 256 g/mol. The highest BCUT2D eigenvalue weighted by Gasteiger charge is 2.22. The van der Waals surface area contributed by atoms with Gasteiger partial charge in [0, 0.05) is 28.5 Å². The van der Waals surface area contributed by atoms with Crippen LogP contribution in [0.1, 0.15) is 31.2 Å². The van der Waals surface area contributed by atoms with Gasteiger partial charge in [-0.15, -0.1) is 11.3 Å². The fourth-order valence-electron chi connectivity index (χ4n) is 1.59. The molecule has 2 aromatic heterocycles. The van der Waals surface area contributed by atoms with Crippen LogP contribution in [-0.4, -0.2) is 10.9 Å². The summed E-state index contributed by atoms with van der Waals surface area (Å²) >= 11 is 1.71. The lowest BCUT2D eigenvalue weighted by Gasteiger charge is -2.18. The van der Waals surface area contributed by atoms with Crippen molar-refractivity contribution in [2.24, 2.45) is 5.41 Å². The second-order valence-electron chi connectivity index (χ2n) is 5.47. The Hall–Kier alpha value is -1.68. The monoisotopic (exact) mass is 274 g/mol. The quantitative estimate of drug-likeness (QED) is 0.927. The van der Waals surface area contributed by atoms with Crippen molar-refractivity contribution in [3.05, 3.63) is 46.3 Å². The van der Waals surface area contributed by atoms with E-state index in [1.54, 1.807) is 17.5 Å². The lowest BCUT2D eigenvalue weighted by Crippen LogP contribution is -2.28. The number of rotatable bonds is 3. The molecule has 4 heteroatoms. The number of nitrogens with one attached hydrogen (secondary N) is 1. The average molecular weight is 274 g/mol. The third-order valence-electron chi connectivity index (χ3n) is 2.75. The molecule has 0 radical (unpaired) electrons. The number of aromatic nitrogens is 1. The Morgan fingerprint density at radius 3 is 2.74 bits per heavy atom. The van der Waals surface area contributed by atoms with Crippen molar-refractivity contribution in [2.45, 2.75) is 27.2 Å². The van der Waals surface area contributed by atoms with Crippen molar-refractivity contribution in [2.75, 3.05) is 5.32 Å². The standard InChI is InChI=1S/C15H18N2OS/c1-15(2,3)14(18)17-13-11(6-4-8-16-13)10-12-7-5-9-19-12/h4-9H,10H2,1-3H3,(H,16,17,18). The molecule has 19 heavy (non-hydrogen) atoms. The summed E-state index contributed by atoms with van der Waals surface area (Å²) in [5.41, 5.74) is 0.625. The Labute approximate surface area is 117 Å². The molecule has 2 heterocycles. The van der Waals surface area contributed by atoms with Gasteiger partial charge < -0.3 is 5.32 Å². The van der Waals surface area contributed by atoms with Crippen LogP contribution in [0.2, 0.25) is 0 Å². The Balaban J connectivity index is 2.19. The third-order valence-corrected chi connectivity index (χ3v) is 3.63. The molecule has 1 amide bonds. The van der Waals surface area contributed by atoms with Crippen LogP contribution in [0.25, 0.3) is 0 Å². The van der Waals surface area contributed by atoms with Crippen LogP contribution in [0.4, 0.5) is 5.82 Å². The Morgan fingerprint density at radius 1 is 1.32 bits per heavy atom. The predicted octanol–water partition coefficient (Wildman–Crippen LogP) is 3.72. The molecule has 0 saturated heterocycles. The summed E-state index contributed by atoms with van der Waals surface area (Å²) in [6.07, 6.45) is 2.50. The Kier molecular flexibility index (Phi) is 4.00. The molecule has 0 aliphatic rings. The Bertz CT molecular complexity index is 556. The number of thiophene rings is 1. The first-order valence-corrected chi connectivity index (χ1v) is 7.12. The molecule has 2 aromatic rings. The average Bonchev–Trinajstić information content (AvgIpc) is 2.83.